The van der Waals surface area contributed by atoms with Gasteiger partial charge in [0.1, 0.15) is 12.6 Å². The van der Waals surface area contributed by atoms with Gasteiger partial charge < -0.3 is 10.2 Å². The SMILES string of the molecule is CC[C@H](C)NC(=O)[C@H](C)N(Cc1ccccc1C)C(=O)CN(c1cccc(Cl)c1)S(=O)(=O)c1ccc(Cl)cc1. The molecule has 0 heterocycles. The first-order valence-electron chi connectivity index (χ1n) is 12.6. The molecular formula is C29H33Cl2N3O4S. The Labute approximate surface area is 240 Å². The van der Waals surface area contributed by atoms with Crippen molar-refractivity contribution < 1.29 is 18.0 Å². The summed E-state index contributed by atoms with van der Waals surface area (Å²) in [5, 5.41) is 3.62. The summed E-state index contributed by atoms with van der Waals surface area (Å²) in [6, 6.07) is 18.6. The Morgan fingerprint density at radius 3 is 2.21 bits per heavy atom. The zero-order valence-electron chi connectivity index (χ0n) is 22.4. The molecule has 3 aromatic rings. The van der Waals surface area contributed by atoms with E-state index in [0.29, 0.717) is 10.0 Å². The highest BCUT2D eigenvalue weighted by Crippen LogP contribution is 2.27. The van der Waals surface area contributed by atoms with Crippen molar-refractivity contribution in [1.29, 1.82) is 0 Å². The van der Waals surface area contributed by atoms with Crippen LogP contribution in [0.4, 0.5) is 5.69 Å². The van der Waals surface area contributed by atoms with Gasteiger partial charge in [-0.15, -0.1) is 0 Å². The number of nitrogens with one attached hydrogen (secondary N) is 1. The van der Waals surface area contributed by atoms with E-state index >= 15 is 0 Å². The zero-order chi connectivity index (χ0) is 28.7. The van der Waals surface area contributed by atoms with Gasteiger partial charge in [-0.2, -0.15) is 0 Å². The summed E-state index contributed by atoms with van der Waals surface area (Å²) in [6.07, 6.45) is 0.728. The number of hydrogen-bond acceptors (Lipinski definition) is 4. The highest BCUT2D eigenvalue weighted by atomic mass is 35.5. The van der Waals surface area contributed by atoms with Crippen LogP contribution in [0.2, 0.25) is 10.0 Å². The van der Waals surface area contributed by atoms with Crippen molar-refractivity contribution in [3.8, 4) is 0 Å². The monoisotopic (exact) mass is 589 g/mol. The van der Waals surface area contributed by atoms with E-state index in [4.69, 9.17) is 23.2 Å². The van der Waals surface area contributed by atoms with Gasteiger partial charge in [0.2, 0.25) is 11.8 Å². The van der Waals surface area contributed by atoms with Crippen LogP contribution in [-0.4, -0.2) is 43.8 Å². The second kappa shape index (κ2) is 13.3. The fraction of sp³-hybridized carbons (Fsp3) is 0.310. The van der Waals surface area contributed by atoms with Crippen LogP contribution in [0.1, 0.15) is 38.3 Å². The van der Waals surface area contributed by atoms with Gasteiger partial charge in [-0.05, 0) is 80.8 Å². The molecular weight excluding hydrogens is 557 g/mol. The van der Waals surface area contributed by atoms with Crippen LogP contribution in [0.5, 0.6) is 0 Å². The maximum atomic E-state index is 13.9. The molecule has 0 aliphatic heterocycles. The zero-order valence-corrected chi connectivity index (χ0v) is 24.7. The summed E-state index contributed by atoms with van der Waals surface area (Å²) in [5.41, 5.74) is 2.02. The first-order valence-corrected chi connectivity index (χ1v) is 14.8. The number of hydrogen-bond donors (Lipinski definition) is 1. The lowest BCUT2D eigenvalue weighted by Crippen LogP contribution is -2.52. The van der Waals surface area contributed by atoms with Crippen molar-refractivity contribution in [2.75, 3.05) is 10.8 Å². The van der Waals surface area contributed by atoms with Crippen LogP contribution < -0.4 is 9.62 Å². The molecule has 3 rings (SSSR count). The first kappa shape index (κ1) is 30.5. The average Bonchev–Trinajstić information content (AvgIpc) is 2.90. The second-order valence-electron chi connectivity index (χ2n) is 9.39. The summed E-state index contributed by atoms with van der Waals surface area (Å²) < 4.78 is 28.6. The minimum absolute atomic E-state index is 0.0345. The second-order valence-corrected chi connectivity index (χ2v) is 12.1. The van der Waals surface area contributed by atoms with E-state index in [9.17, 15) is 18.0 Å². The van der Waals surface area contributed by atoms with E-state index in [1.807, 2.05) is 45.0 Å². The summed E-state index contributed by atoms with van der Waals surface area (Å²) in [5.74, 6) is -0.858. The molecule has 2 atom stereocenters. The number of sulfonamides is 1. The minimum Gasteiger partial charge on any atom is -0.352 e. The smallest absolute Gasteiger partial charge is 0.264 e. The van der Waals surface area contributed by atoms with Crippen molar-refractivity contribution >= 4 is 50.7 Å². The highest BCUT2D eigenvalue weighted by molar-refractivity contribution is 7.92. The summed E-state index contributed by atoms with van der Waals surface area (Å²) >= 11 is 12.2. The molecule has 0 saturated heterocycles. The molecule has 0 aromatic heterocycles. The van der Waals surface area contributed by atoms with E-state index in [-0.39, 0.29) is 29.1 Å². The number of nitrogens with zero attached hydrogens (tertiary/aromatic N) is 2. The molecule has 10 heteroatoms. The third kappa shape index (κ3) is 7.75. The van der Waals surface area contributed by atoms with Crippen LogP contribution in [0.3, 0.4) is 0 Å². The van der Waals surface area contributed by atoms with Gasteiger partial charge in [-0.1, -0.05) is 60.5 Å². The van der Waals surface area contributed by atoms with E-state index in [1.54, 1.807) is 25.1 Å². The predicted molar refractivity (Wildman–Crippen MR) is 157 cm³/mol. The Balaban J connectivity index is 2.04. The molecule has 1 N–H and O–H groups in total. The van der Waals surface area contributed by atoms with Gasteiger partial charge in [-0.25, -0.2) is 8.42 Å². The maximum Gasteiger partial charge on any atom is 0.264 e. The van der Waals surface area contributed by atoms with Crippen molar-refractivity contribution in [2.24, 2.45) is 0 Å². The Kier molecular flexibility index (Phi) is 10.4. The molecule has 7 nitrogen and oxygen atoms in total. The third-order valence-electron chi connectivity index (χ3n) is 6.55. The lowest BCUT2D eigenvalue weighted by Gasteiger charge is -2.32. The van der Waals surface area contributed by atoms with Gasteiger partial charge in [0.05, 0.1) is 10.6 Å². The van der Waals surface area contributed by atoms with Gasteiger partial charge in [0.25, 0.3) is 10.0 Å². The fourth-order valence-electron chi connectivity index (χ4n) is 3.91. The molecule has 208 valence electrons. The molecule has 3 aromatic carbocycles. The molecule has 0 bridgehead atoms. The summed E-state index contributed by atoms with van der Waals surface area (Å²) in [6.45, 7) is 6.99. The lowest BCUT2D eigenvalue weighted by atomic mass is 10.1. The van der Waals surface area contributed by atoms with Crippen LogP contribution in [0, 0.1) is 6.92 Å². The van der Waals surface area contributed by atoms with E-state index in [0.717, 1.165) is 21.9 Å². The van der Waals surface area contributed by atoms with Crippen LogP contribution in [-0.2, 0) is 26.2 Å². The van der Waals surface area contributed by atoms with Gasteiger partial charge in [-0.3, -0.25) is 13.9 Å². The quantitative estimate of drug-likeness (QED) is 0.305. The molecule has 0 radical (unpaired) electrons. The number of carbonyl (C=O) groups is 2. The average molecular weight is 591 g/mol. The van der Waals surface area contributed by atoms with Crippen molar-refractivity contribution in [1.82, 2.24) is 10.2 Å². The number of benzene rings is 3. The Morgan fingerprint density at radius 2 is 1.59 bits per heavy atom. The summed E-state index contributed by atoms with van der Waals surface area (Å²) in [4.78, 5) is 28.4. The Morgan fingerprint density at radius 1 is 0.923 bits per heavy atom. The van der Waals surface area contributed by atoms with E-state index in [2.05, 4.69) is 5.32 Å². The van der Waals surface area contributed by atoms with Crippen LogP contribution >= 0.6 is 23.2 Å². The number of amides is 2. The van der Waals surface area contributed by atoms with Gasteiger partial charge >= 0.3 is 0 Å². The molecule has 0 spiro atoms. The molecule has 0 unspecified atom stereocenters. The van der Waals surface area contributed by atoms with E-state index in [1.165, 1.54) is 35.2 Å². The lowest BCUT2D eigenvalue weighted by molar-refractivity contribution is -0.139. The Bertz CT molecular complexity index is 1410. The normalized spacial score (nSPS) is 12.9. The third-order valence-corrected chi connectivity index (χ3v) is 8.82. The van der Waals surface area contributed by atoms with Crippen molar-refractivity contribution in [2.45, 2.75) is 57.6 Å². The molecule has 0 aliphatic rings. The number of aryl methyl sites for hydroxylation is 1. The largest absolute Gasteiger partial charge is 0.352 e. The number of carbonyl (C=O) groups excluding carboxylic acids is 2. The standard InChI is InChI=1S/C29H33Cl2N3O4S/c1-5-21(3)32-29(36)22(4)33(18-23-10-7-6-9-20(23)2)28(35)19-34(26-12-8-11-25(31)17-26)39(37,38)27-15-13-24(30)14-16-27/h6-17,21-22H,5,18-19H2,1-4H3,(H,32,36)/t21-,22-/m0/s1. The van der Waals surface area contributed by atoms with E-state index < -0.39 is 28.5 Å². The van der Waals surface area contributed by atoms with Crippen LogP contribution in [0.15, 0.2) is 77.7 Å². The van der Waals surface area contributed by atoms with Crippen LogP contribution in [0.25, 0.3) is 0 Å². The molecule has 2 amide bonds. The van der Waals surface area contributed by atoms with Gasteiger partial charge in [0, 0.05) is 22.6 Å². The molecule has 0 saturated carbocycles. The fourth-order valence-corrected chi connectivity index (χ4v) is 5.63. The Hall–Kier alpha value is -3.07. The highest BCUT2D eigenvalue weighted by Gasteiger charge is 2.33. The first-order chi connectivity index (χ1) is 18.4. The predicted octanol–water partition coefficient (Wildman–Crippen LogP) is 5.83. The van der Waals surface area contributed by atoms with Crippen molar-refractivity contribution in [3.63, 3.8) is 0 Å². The topological polar surface area (TPSA) is 86.8 Å². The number of halogens is 2. The molecule has 0 fully saturated rings. The van der Waals surface area contributed by atoms with Gasteiger partial charge in [0.15, 0.2) is 0 Å². The van der Waals surface area contributed by atoms with Crippen molar-refractivity contribution in [3.05, 3.63) is 94.0 Å². The maximum absolute atomic E-state index is 13.9. The number of anilines is 1. The molecule has 39 heavy (non-hydrogen) atoms. The summed E-state index contributed by atoms with van der Waals surface area (Å²) in [7, 11) is -4.20. The number of rotatable bonds is 11. The minimum atomic E-state index is -4.20. The molecule has 0 aliphatic carbocycles.